The molecule has 0 aliphatic rings. The third-order valence-corrected chi connectivity index (χ3v) is 6.36. The summed E-state index contributed by atoms with van der Waals surface area (Å²) in [6.07, 6.45) is 0.663. The second kappa shape index (κ2) is 11.0. The molecule has 0 fully saturated rings. The Morgan fingerprint density at radius 3 is 2.47 bits per heavy atom. The van der Waals surface area contributed by atoms with E-state index < -0.39 is 0 Å². The molecule has 0 aliphatic heterocycles. The van der Waals surface area contributed by atoms with Crippen LogP contribution in [0.1, 0.15) is 52.9 Å². The summed E-state index contributed by atoms with van der Waals surface area (Å²) in [6.45, 7) is 4.14. The number of rotatable bonds is 9. The van der Waals surface area contributed by atoms with Crippen molar-refractivity contribution in [3.05, 3.63) is 75.5 Å². The average Bonchev–Trinajstić information content (AvgIpc) is 3.12. The molecule has 0 aliphatic carbocycles. The molecule has 1 aromatic heterocycles. The Kier molecular flexibility index (Phi) is 8.34. The standard InChI is InChI=1S/C23H24Cl2N4O2S/c1-14(2)11-19(26-22(31)17-10-9-16(24)12-18(17)25)21-27-28-23(29(21)3)32-13-20(30)15-7-5-4-6-8-15/h4-10,12,14,19H,11,13H2,1-3H3,(H,26,31)/t19-/m1/s1. The highest BCUT2D eigenvalue weighted by Gasteiger charge is 2.24. The summed E-state index contributed by atoms with van der Waals surface area (Å²) in [5.74, 6) is 0.871. The van der Waals surface area contributed by atoms with E-state index in [-0.39, 0.29) is 28.5 Å². The summed E-state index contributed by atoms with van der Waals surface area (Å²) in [6, 6.07) is 13.5. The second-order valence-electron chi connectivity index (χ2n) is 7.76. The molecule has 1 N–H and O–H groups in total. The van der Waals surface area contributed by atoms with Gasteiger partial charge in [-0.15, -0.1) is 10.2 Å². The van der Waals surface area contributed by atoms with Crippen LogP contribution in [0.4, 0.5) is 0 Å². The van der Waals surface area contributed by atoms with Crippen molar-refractivity contribution in [3.8, 4) is 0 Å². The number of benzene rings is 2. The van der Waals surface area contributed by atoms with Gasteiger partial charge in [-0.2, -0.15) is 0 Å². The molecule has 0 radical (unpaired) electrons. The van der Waals surface area contributed by atoms with Crippen LogP contribution in [0.5, 0.6) is 0 Å². The number of nitrogens with one attached hydrogen (secondary N) is 1. The van der Waals surface area contributed by atoms with Gasteiger partial charge in [-0.1, -0.05) is 79.1 Å². The van der Waals surface area contributed by atoms with Gasteiger partial charge in [0, 0.05) is 17.6 Å². The van der Waals surface area contributed by atoms with Gasteiger partial charge in [-0.3, -0.25) is 9.59 Å². The van der Waals surface area contributed by atoms with E-state index in [2.05, 4.69) is 29.4 Å². The summed E-state index contributed by atoms with van der Waals surface area (Å²) in [5.41, 5.74) is 1.00. The van der Waals surface area contributed by atoms with Crippen molar-refractivity contribution in [1.29, 1.82) is 0 Å². The van der Waals surface area contributed by atoms with Crippen LogP contribution in [0, 0.1) is 5.92 Å². The largest absolute Gasteiger partial charge is 0.342 e. The molecule has 32 heavy (non-hydrogen) atoms. The van der Waals surface area contributed by atoms with Crippen LogP contribution in [0.3, 0.4) is 0 Å². The molecular formula is C23H24Cl2N4O2S. The number of carbonyl (C=O) groups excluding carboxylic acids is 2. The highest BCUT2D eigenvalue weighted by atomic mass is 35.5. The summed E-state index contributed by atoms with van der Waals surface area (Å²) in [5, 5.41) is 12.9. The minimum Gasteiger partial charge on any atom is -0.342 e. The maximum atomic E-state index is 12.9. The number of carbonyl (C=O) groups is 2. The highest BCUT2D eigenvalue weighted by molar-refractivity contribution is 7.99. The summed E-state index contributed by atoms with van der Waals surface area (Å²) in [4.78, 5) is 25.3. The Morgan fingerprint density at radius 2 is 1.81 bits per heavy atom. The van der Waals surface area contributed by atoms with Crippen LogP contribution in [0.15, 0.2) is 53.7 Å². The van der Waals surface area contributed by atoms with Crippen LogP contribution in [0.2, 0.25) is 10.0 Å². The molecule has 0 bridgehead atoms. The number of amides is 1. The van der Waals surface area contributed by atoms with Gasteiger partial charge in [-0.25, -0.2) is 0 Å². The fraction of sp³-hybridized carbons (Fsp3) is 0.304. The fourth-order valence-corrected chi connectivity index (χ4v) is 4.51. The maximum absolute atomic E-state index is 12.9. The Bertz CT molecular complexity index is 1100. The van der Waals surface area contributed by atoms with E-state index in [1.54, 1.807) is 24.3 Å². The monoisotopic (exact) mass is 490 g/mol. The number of halogens is 2. The molecule has 3 rings (SSSR count). The van der Waals surface area contributed by atoms with Crippen LogP contribution in [-0.4, -0.2) is 32.2 Å². The van der Waals surface area contributed by atoms with Gasteiger partial charge in [-0.05, 0) is 30.5 Å². The van der Waals surface area contributed by atoms with Gasteiger partial charge in [0.2, 0.25) is 0 Å². The van der Waals surface area contributed by atoms with Gasteiger partial charge in [0.15, 0.2) is 16.8 Å². The van der Waals surface area contributed by atoms with E-state index in [0.29, 0.717) is 39.5 Å². The first-order valence-electron chi connectivity index (χ1n) is 10.1. The third kappa shape index (κ3) is 6.12. The van der Waals surface area contributed by atoms with Gasteiger partial charge >= 0.3 is 0 Å². The van der Waals surface area contributed by atoms with Crippen molar-refractivity contribution < 1.29 is 9.59 Å². The quantitative estimate of drug-likeness (QED) is 0.311. The lowest BCUT2D eigenvalue weighted by Gasteiger charge is -2.20. The predicted molar refractivity (Wildman–Crippen MR) is 129 cm³/mol. The molecule has 2 aromatic carbocycles. The predicted octanol–water partition coefficient (Wildman–Crippen LogP) is 5.61. The topological polar surface area (TPSA) is 76.9 Å². The number of Topliss-reactive ketones (excluding diaryl/α,β-unsaturated/α-hetero) is 1. The number of ketones is 1. The maximum Gasteiger partial charge on any atom is 0.253 e. The van der Waals surface area contributed by atoms with Crippen molar-refractivity contribution in [2.24, 2.45) is 13.0 Å². The first-order valence-corrected chi connectivity index (χ1v) is 11.9. The zero-order chi connectivity index (χ0) is 23.3. The van der Waals surface area contributed by atoms with Crippen molar-refractivity contribution in [2.75, 3.05) is 5.75 Å². The van der Waals surface area contributed by atoms with Gasteiger partial charge in [0.25, 0.3) is 5.91 Å². The van der Waals surface area contributed by atoms with E-state index in [1.165, 1.54) is 17.8 Å². The van der Waals surface area contributed by atoms with Crippen molar-refractivity contribution in [3.63, 3.8) is 0 Å². The van der Waals surface area contributed by atoms with Crippen molar-refractivity contribution in [1.82, 2.24) is 20.1 Å². The number of nitrogens with zero attached hydrogens (tertiary/aromatic N) is 3. The van der Waals surface area contributed by atoms with Crippen LogP contribution in [0.25, 0.3) is 0 Å². The van der Waals surface area contributed by atoms with E-state index in [9.17, 15) is 9.59 Å². The van der Waals surface area contributed by atoms with Gasteiger partial charge in [0.1, 0.15) is 0 Å². The lowest BCUT2D eigenvalue weighted by Crippen LogP contribution is -2.31. The molecule has 0 spiro atoms. The van der Waals surface area contributed by atoms with Crippen molar-refractivity contribution in [2.45, 2.75) is 31.5 Å². The summed E-state index contributed by atoms with van der Waals surface area (Å²) < 4.78 is 1.82. The molecule has 9 heteroatoms. The number of thioether (sulfide) groups is 1. The number of hydrogen-bond donors (Lipinski definition) is 1. The van der Waals surface area contributed by atoms with E-state index in [0.717, 1.165) is 0 Å². The Labute approximate surface area is 201 Å². The Morgan fingerprint density at radius 1 is 1.09 bits per heavy atom. The average molecular weight is 491 g/mol. The van der Waals surface area contributed by atoms with E-state index in [1.807, 2.05) is 29.8 Å². The Hall–Kier alpha value is -2.35. The Balaban J connectivity index is 1.75. The molecule has 3 aromatic rings. The molecule has 1 heterocycles. The summed E-state index contributed by atoms with van der Waals surface area (Å²) >= 11 is 13.5. The van der Waals surface area contributed by atoms with Crippen LogP contribution in [-0.2, 0) is 7.05 Å². The molecule has 1 amide bonds. The molecule has 1 atom stereocenters. The van der Waals surface area contributed by atoms with Gasteiger partial charge in [0.05, 0.1) is 22.4 Å². The highest BCUT2D eigenvalue weighted by Crippen LogP contribution is 2.26. The minimum absolute atomic E-state index is 0.0181. The smallest absolute Gasteiger partial charge is 0.253 e. The zero-order valence-corrected chi connectivity index (χ0v) is 20.3. The minimum atomic E-state index is -0.370. The normalized spacial score (nSPS) is 12.1. The molecule has 0 unspecified atom stereocenters. The molecule has 0 saturated carbocycles. The van der Waals surface area contributed by atoms with Crippen molar-refractivity contribution >= 4 is 46.7 Å². The molecular weight excluding hydrogens is 467 g/mol. The van der Waals surface area contributed by atoms with Crippen LogP contribution < -0.4 is 5.32 Å². The van der Waals surface area contributed by atoms with E-state index in [4.69, 9.17) is 23.2 Å². The lowest BCUT2D eigenvalue weighted by atomic mass is 10.0. The molecule has 168 valence electrons. The lowest BCUT2D eigenvalue weighted by molar-refractivity contribution is 0.0928. The van der Waals surface area contributed by atoms with E-state index >= 15 is 0 Å². The SMILES string of the molecule is CC(C)C[C@@H](NC(=O)c1ccc(Cl)cc1Cl)c1nnc(SCC(=O)c2ccccc2)n1C. The van der Waals surface area contributed by atoms with Gasteiger partial charge < -0.3 is 9.88 Å². The molecule has 6 nitrogen and oxygen atoms in total. The number of aromatic nitrogens is 3. The first kappa shape index (κ1) is 24.3. The first-order chi connectivity index (χ1) is 15.3. The second-order valence-corrected chi connectivity index (χ2v) is 9.54. The number of hydrogen-bond acceptors (Lipinski definition) is 5. The molecule has 0 saturated heterocycles. The zero-order valence-electron chi connectivity index (χ0n) is 18.0. The summed E-state index contributed by atoms with van der Waals surface area (Å²) in [7, 11) is 1.83. The third-order valence-electron chi connectivity index (χ3n) is 4.80. The fourth-order valence-electron chi connectivity index (χ4n) is 3.20. The van der Waals surface area contributed by atoms with Crippen LogP contribution >= 0.6 is 35.0 Å².